The maximum atomic E-state index is 14.8. The first-order chi connectivity index (χ1) is 19.1. The van der Waals surface area contributed by atoms with Crippen LogP contribution >= 0.6 is 0 Å². The highest BCUT2D eigenvalue weighted by Crippen LogP contribution is 2.41. The van der Waals surface area contributed by atoms with E-state index in [1.807, 2.05) is 11.0 Å². The maximum absolute atomic E-state index is 14.8. The Morgan fingerprint density at radius 1 is 1.15 bits per heavy atom. The number of halogens is 4. The Morgan fingerprint density at radius 2 is 1.90 bits per heavy atom. The molecule has 0 saturated carbocycles. The van der Waals surface area contributed by atoms with Crippen LogP contribution in [-0.2, 0) is 27.0 Å². The number of anilines is 1. The molecule has 5 heterocycles. The number of carbonyl (C=O) groups excluding carboxylic acids is 1. The van der Waals surface area contributed by atoms with Crippen LogP contribution in [0.2, 0.25) is 0 Å². The summed E-state index contributed by atoms with van der Waals surface area (Å²) in [6.07, 6.45) is -3.51. The lowest BCUT2D eigenvalue weighted by Gasteiger charge is -2.45. The number of carbonyl (C=O) groups is 1. The van der Waals surface area contributed by atoms with Gasteiger partial charge in [-0.2, -0.15) is 13.2 Å². The second-order valence-corrected chi connectivity index (χ2v) is 10.8. The normalized spacial score (nSPS) is 21.2. The van der Waals surface area contributed by atoms with E-state index in [0.29, 0.717) is 62.1 Å². The predicted octanol–water partition coefficient (Wildman–Crippen LogP) is 5.03. The first-order valence-corrected chi connectivity index (χ1v) is 13.6. The van der Waals surface area contributed by atoms with Gasteiger partial charge in [0.2, 0.25) is 5.91 Å². The fourth-order valence-electron chi connectivity index (χ4n) is 6.04. The summed E-state index contributed by atoms with van der Waals surface area (Å²) in [5.74, 6) is -0.0733. The van der Waals surface area contributed by atoms with Gasteiger partial charge in [-0.05, 0) is 38.8 Å². The van der Waals surface area contributed by atoms with E-state index in [2.05, 4.69) is 19.9 Å². The smallest absolute Gasteiger partial charge is 0.381 e. The molecule has 8 nitrogen and oxygen atoms in total. The molecule has 12 heteroatoms. The zero-order chi connectivity index (χ0) is 28.2. The molecular weight excluding hydrogens is 530 g/mol. The van der Waals surface area contributed by atoms with Crippen molar-refractivity contribution in [1.29, 1.82) is 0 Å². The van der Waals surface area contributed by atoms with Crippen molar-refractivity contribution < 1.29 is 31.8 Å². The van der Waals surface area contributed by atoms with Gasteiger partial charge >= 0.3 is 6.18 Å². The Kier molecular flexibility index (Phi) is 6.94. The van der Waals surface area contributed by atoms with Gasteiger partial charge in [-0.1, -0.05) is 12.1 Å². The maximum Gasteiger partial charge on any atom is 0.419 e. The number of hydrogen-bond donors (Lipinski definition) is 1. The van der Waals surface area contributed by atoms with Crippen LogP contribution in [0.1, 0.15) is 54.6 Å². The summed E-state index contributed by atoms with van der Waals surface area (Å²) in [6.45, 7) is 6.88. The van der Waals surface area contributed by atoms with Crippen LogP contribution in [0.5, 0.6) is 0 Å². The summed E-state index contributed by atoms with van der Waals surface area (Å²) < 4.78 is 68.4. The van der Waals surface area contributed by atoms with Gasteiger partial charge in [-0.25, -0.2) is 14.4 Å². The summed E-state index contributed by atoms with van der Waals surface area (Å²) in [6, 6.07) is 4.43. The Labute approximate surface area is 228 Å². The fourth-order valence-corrected chi connectivity index (χ4v) is 6.04. The van der Waals surface area contributed by atoms with Crippen molar-refractivity contribution in [2.75, 3.05) is 38.2 Å². The molecule has 3 aliphatic rings. The Morgan fingerprint density at radius 3 is 2.62 bits per heavy atom. The van der Waals surface area contributed by atoms with Crippen molar-refractivity contribution in [2.45, 2.75) is 51.6 Å². The zero-order valence-corrected chi connectivity index (χ0v) is 22.3. The molecule has 1 amide bonds. The third-order valence-electron chi connectivity index (χ3n) is 8.17. The molecule has 1 unspecified atom stereocenters. The van der Waals surface area contributed by atoms with Crippen LogP contribution in [0, 0.1) is 24.6 Å². The van der Waals surface area contributed by atoms with E-state index in [4.69, 9.17) is 9.47 Å². The van der Waals surface area contributed by atoms with Crippen LogP contribution < -0.4 is 5.32 Å². The molecule has 2 aromatic heterocycles. The molecule has 3 aromatic rings. The number of rotatable bonds is 5. The molecule has 2 saturated heterocycles. The number of fused-ring (bicyclic) bond motifs is 3. The van der Waals surface area contributed by atoms with E-state index in [-0.39, 0.29) is 29.4 Å². The summed E-state index contributed by atoms with van der Waals surface area (Å²) in [7, 11) is 0. The van der Waals surface area contributed by atoms with Crippen LogP contribution in [-0.4, -0.2) is 58.3 Å². The molecule has 40 heavy (non-hydrogen) atoms. The zero-order valence-electron chi connectivity index (χ0n) is 22.3. The molecule has 0 bridgehead atoms. The number of nitrogens with one attached hydrogen (secondary N) is 1. The van der Waals surface area contributed by atoms with E-state index in [9.17, 15) is 22.4 Å². The lowest BCUT2D eigenvalue weighted by Crippen LogP contribution is -2.55. The third-order valence-corrected chi connectivity index (χ3v) is 8.17. The van der Waals surface area contributed by atoms with E-state index in [0.717, 1.165) is 24.6 Å². The second-order valence-electron chi connectivity index (χ2n) is 10.8. The quantitative estimate of drug-likeness (QED) is 0.441. The second kappa shape index (κ2) is 10.3. The highest BCUT2D eigenvalue weighted by molar-refractivity contribution is 5.89. The third kappa shape index (κ3) is 4.81. The number of nitrogens with zero attached hydrogens (tertiary/aromatic N) is 4. The standard InChI is InChI=1S/C28H31F4N5O3/c1-15(19-4-3-5-21(23(19)29)28(30,31)32)33-25-20-12-22-24(40-11-8-37(22)26(20)35-16(2)34-25)18-13-36(14-18)27(38)17-6-9-39-10-7-17/h3-5,12,15,17-18,24H,6-11,13-14H2,1-2H3,(H,33,34,35)/t15-,24?/m1/s1. The highest BCUT2D eigenvalue weighted by Gasteiger charge is 2.42. The average Bonchev–Trinajstić information content (AvgIpc) is 3.27. The van der Waals surface area contributed by atoms with Crippen molar-refractivity contribution in [1.82, 2.24) is 19.4 Å². The molecule has 0 aliphatic carbocycles. The molecule has 2 fully saturated rings. The number of aromatic nitrogens is 3. The van der Waals surface area contributed by atoms with E-state index in [1.165, 1.54) is 12.1 Å². The SMILES string of the molecule is Cc1nc(N[C@H](C)c2cccc(C(F)(F)F)c2F)c2cc3n(c2n1)CCOC3C1CN(C(=O)C2CCOCC2)C1. The number of amides is 1. The molecule has 214 valence electrons. The van der Waals surface area contributed by atoms with Crippen molar-refractivity contribution in [3.05, 3.63) is 52.7 Å². The van der Waals surface area contributed by atoms with E-state index < -0.39 is 23.6 Å². The van der Waals surface area contributed by atoms with Gasteiger partial charge < -0.3 is 24.3 Å². The lowest BCUT2D eigenvalue weighted by atomic mass is 9.88. The van der Waals surface area contributed by atoms with Crippen molar-refractivity contribution in [3.8, 4) is 0 Å². The fraction of sp³-hybridized carbons (Fsp3) is 0.536. The molecule has 0 radical (unpaired) electrons. The monoisotopic (exact) mass is 561 g/mol. The van der Waals surface area contributed by atoms with Gasteiger partial charge in [-0.15, -0.1) is 0 Å². The number of benzene rings is 1. The number of aryl methyl sites for hydroxylation is 1. The Hall–Kier alpha value is -3.25. The molecule has 0 spiro atoms. The van der Waals surface area contributed by atoms with Gasteiger partial charge in [0.25, 0.3) is 0 Å². The molecule has 1 aromatic carbocycles. The summed E-state index contributed by atoms with van der Waals surface area (Å²) in [5, 5.41) is 3.81. The molecule has 3 aliphatic heterocycles. The Bertz CT molecular complexity index is 1430. The van der Waals surface area contributed by atoms with Crippen molar-refractivity contribution >= 4 is 22.8 Å². The van der Waals surface area contributed by atoms with Crippen LogP contribution in [0.3, 0.4) is 0 Å². The average molecular weight is 562 g/mol. The van der Waals surface area contributed by atoms with Crippen LogP contribution in [0.15, 0.2) is 24.3 Å². The van der Waals surface area contributed by atoms with Gasteiger partial charge in [0, 0.05) is 55.9 Å². The van der Waals surface area contributed by atoms with Crippen LogP contribution in [0.4, 0.5) is 23.4 Å². The topological polar surface area (TPSA) is 81.5 Å². The molecule has 2 atom stereocenters. The number of hydrogen-bond acceptors (Lipinski definition) is 6. The van der Waals surface area contributed by atoms with Gasteiger partial charge in [-0.3, -0.25) is 4.79 Å². The van der Waals surface area contributed by atoms with Crippen molar-refractivity contribution in [3.63, 3.8) is 0 Å². The number of likely N-dealkylation sites (tertiary alicyclic amines) is 1. The number of alkyl halides is 3. The minimum atomic E-state index is -4.79. The number of ether oxygens (including phenoxy) is 2. The Balaban J connectivity index is 1.25. The molecular formula is C28H31F4N5O3. The summed E-state index contributed by atoms with van der Waals surface area (Å²) in [4.78, 5) is 24.0. The predicted molar refractivity (Wildman–Crippen MR) is 138 cm³/mol. The van der Waals surface area contributed by atoms with Gasteiger partial charge in [0.1, 0.15) is 29.2 Å². The molecule has 1 N–H and O–H groups in total. The summed E-state index contributed by atoms with van der Waals surface area (Å²) >= 11 is 0. The highest BCUT2D eigenvalue weighted by atomic mass is 19.4. The van der Waals surface area contributed by atoms with Crippen LogP contribution in [0.25, 0.3) is 11.0 Å². The van der Waals surface area contributed by atoms with E-state index >= 15 is 0 Å². The van der Waals surface area contributed by atoms with E-state index in [1.54, 1.807) is 13.8 Å². The summed E-state index contributed by atoms with van der Waals surface area (Å²) in [5.41, 5.74) is 0.203. The largest absolute Gasteiger partial charge is 0.419 e. The minimum absolute atomic E-state index is 0.0176. The van der Waals surface area contributed by atoms with Gasteiger partial charge in [0.05, 0.1) is 23.6 Å². The lowest BCUT2D eigenvalue weighted by molar-refractivity contribution is -0.151. The first-order valence-electron chi connectivity index (χ1n) is 13.6. The van der Waals surface area contributed by atoms with Crippen molar-refractivity contribution in [2.24, 2.45) is 11.8 Å². The first kappa shape index (κ1) is 26.9. The molecule has 6 rings (SSSR count). The minimum Gasteiger partial charge on any atom is -0.381 e. The van der Waals surface area contributed by atoms with Gasteiger partial charge in [0.15, 0.2) is 0 Å².